The van der Waals surface area contributed by atoms with Gasteiger partial charge in [0.1, 0.15) is 0 Å². The molecule has 2 saturated heterocycles. The lowest BCUT2D eigenvalue weighted by Crippen LogP contribution is -2.34. The summed E-state index contributed by atoms with van der Waals surface area (Å²) in [6.45, 7) is 5.07. The van der Waals surface area contributed by atoms with E-state index in [-0.39, 0.29) is 11.8 Å². The van der Waals surface area contributed by atoms with Crippen molar-refractivity contribution in [1.29, 1.82) is 0 Å². The van der Waals surface area contributed by atoms with Crippen molar-refractivity contribution >= 4 is 23.2 Å². The van der Waals surface area contributed by atoms with E-state index in [0.29, 0.717) is 24.7 Å². The second kappa shape index (κ2) is 7.79. The third-order valence-corrected chi connectivity index (χ3v) is 5.18. The quantitative estimate of drug-likeness (QED) is 0.873. The lowest BCUT2D eigenvalue weighted by Gasteiger charge is -2.28. The highest BCUT2D eigenvalue weighted by molar-refractivity contribution is 5.96. The number of carbonyl (C=O) groups excluding carboxylic acids is 2. The van der Waals surface area contributed by atoms with Gasteiger partial charge < -0.3 is 15.5 Å². The molecule has 2 aliphatic rings. The van der Waals surface area contributed by atoms with Crippen LogP contribution in [-0.2, 0) is 9.59 Å². The van der Waals surface area contributed by atoms with Crippen LogP contribution in [0.5, 0.6) is 0 Å². The molecule has 0 spiro atoms. The van der Waals surface area contributed by atoms with E-state index in [4.69, 9.17) is 0 Å². The molecule has 2 heterocycles. The van der Waals surface area contributed by atoms with Crippen LogP contribution >= 0.6 is 0 Å². The minimum absolute atomic E-state index is 0.0677. The lowest BCUT2D eigenvalue weighted by molar-refractivity contribution is -0.118. The molecule has 0 aliphatic carbocycles. The van der Waals surface area contributed by atoms with E-state index in [1.165, 1.54) is 12.8 Å². The average Bonchev–Trinajstić information content (AvgIpc) is 3.02. The summed E-state index contributed by atoms with van der Waals surface area (Å²) in [4.78, 5) is 25.8. The number of nitrogens with one attached hydrogen (secondary N) is 2. The third-order valence-electron chi connectivity index (χ3n) is 5.18. The number of hydrogen-bond donors (Lipinski definition) is 2. The maximum absolute atomic E-state index is 12.3. The van der Waals surface area contributed by atoms with Crippen molar-refractivity contribution in [3.05, 3.63) is 24.3 Å². The van der Waals surface area contributed by atoms with Gasteiger partial charge >= 0.3 is 0 Å². The standard InChI is InChI=1S/C19H27N3O2/c1-14(15-4-2-10-20-13-15)12-18(23)21-16-6-8-17(9-7-16)22-11-3-5-19(22)24/h6-9,14-15,20H,2-5,10-13H2,1H3,(H,21,23). The van der Waals surface area contributed by atoms with Crippen LogP contribution in [0.15, 0.2) is 24.3 Å². The van der Waals surface area contributed by atoms with Gasteiger partial charge in [0.2, 0.25) is 11.8 Å². The van der Waals surface area contributed by atoms with Gasteiger partial charge in [-0.2, -0.15) is 0 Å². The van der Waals surface area contributed by atoms with E-state index in [1.807, 2.05) is 29.2 Å². The van der Waals surface area contributed by atoms with E-state index >= 15 is 0 Å². The summed E-state index contributed by atoms with van der Waals surface area (Å²) < 4.78 is 0. The molecule has 0 saturated carbocycles. The summed E-state index contributed by atoms with van der Waals surface area (Å²) in [6.07, 6.45) is 4.52. The molecule has 5 heteroatoms. The molecule has 1 aromatic carbocycles. The Labute approximate surface area is 143 Å². The number of carbonyl (C=O) groups is 2. The molecule has 0 bridgehead atoms. The first-order valence-corrected chi connectivity index (χ1v) is 9.04. The van der Waals surface area contributed by atoms with E-state index in [2.05, 4.69) is 17.6 Å². The van der Waals surface area contributed by atoms with Gasteiger partial charge in [-0.1, -0.05) is 6.92 Å². The fourth-order valence-corrected chi connectivity index (χ4v) is 3.68. The number of amides is 2. The highest BCUT2D eigenvalue weighted by atomic mass is 16.2. The van der Waals surface area contributed by atoms with Gasteiger partial charge in [0.25, 0.3) is 0 Å². The van der Waals surface area contributed by atoms with Crippen molar-refractivity contribution in [2.24, 2.45) is 11.8 Å². The van der Waals surface area contributed by atoms with E-state index in [9.17, 15) is 9.59 Å². The van der Waals surface area contributed by atoms with Crippen LogP contribution in [0.4, 0.5) is 11.4 Å². The molecule has 24 heavy (non-hydrogen) atoms. The van der Waals surface area contributed by atoms with Gasteiger partial charge in [-0.25, -0.2) is 0 Å². The van der Waals surface area contributed by atoms with Crippen LogP contribution in [0.2, 0.25) is 0 Å². The largest absolute Gasteiger partial charge is 0.326 e. The second-order valence-electron chi connectivity index (χ2n) is 7.03. The van der Waals surface area contributed by atoms with Crippen molar-refractivity contribution in [3.63, 3.8) is 0 Å². The number of anilines is 2. The topological polar surface area (TPSA) is 61.4 Å². The number of piperidine rings is 1. The Hall–Kier alpha value is -1.88. The number of benzene rings is 1. The Kier molecular flexibility index (Phi) is 5.51. The van der Waals surface area contributed by atoms with Gasteiger partial charge in [0, 0.05) is 30.8 Å². The predicted octanol–water partition coefficient (Wildman–Crippen LogP) is 2.78. The minimum Gasteiger partial charge on any atom is -0.326 e. The summed E-state index contributed by atoms with van der Waals surface area (Å²) in [5.74, 6) is 1.23. The number of nitrogens with zero attached hydrogens (tertiary/aromatic N) is 1. The highest BCUT2D eigenvalue weighted by Gasteiger charge is 2.23. The first-order valence-electron chi connectivity index (χ1n) is 9.04. The molecule has 0 radical (unpaired) electrons. The van der Waals surface area contributed by atoms with Crippen LogP contribution in [0.25, 0.3) is 0 Å². The molecule has 1 aromatic rings. The molecule has 2 aliphatic heterocycles. The molecule has 2 fully saturated rings. The van der Waals surface area contributed by atoms with Crippen LogP contribution in [0, 0.1) is 11.8 Å². The van der Waals surface area contributed by atoms with Gasteiger partial charge in [-0.3, -0.25) is 9.59 Å². The minimum atomic E-state index is 0.0677. The molecule has 5 nitrogen and oxygen atoms in total. The highest BCUT2D eigenvalue weighted by Crippen LogP contribution is 2.25. The van der Waals surface area contributed by atoms with Crippen LogP contribution in [0.3, 0.4) is 0 Å². The fraction of sp³-hybridized carbons (Fsp3) is 0.579. The maximum atomic E-state index is 12.3. The third kappa shape index (κ3) is 4.15. The fourth-order valence-electron chi connectivity index (χ4n) is 3.68. The summed E-state index contributed by atoms with van der Waals surface area (Å²) in [5.41, 5.74) is 1.71. The molecule has 2 N–H and O–H groups in total. The molecular formula is C19H27N3O2. The Morgan fingerprint density at radius 1 is 1.33 bits per heavy atom. The van der Waals surface area contributed by atoms with E-state index in [0.717, 1.165) is 37.4 Å². The number of rotatable bonds is 5. The van der Waals surface area contributed by atoms with Gasteiger partial charge in [-0.15, -0.1) is 0 Å². The summed E-state index contributed by atoms with van der Waals surface area (Å²) in [5, 5.41) is 6.39. The molecule has 3 rings (SSSR count). The van der Waals surface area contributed by atoms with Gasteiger partial charge in [0.05, 0.1) is 0 Å². The molecule has 2 atom stereocenters. The molecule has 0 aromatic heterocycles. The zero-order chi connectivity index (χ0) is 16.9. The van der Waals surface area contributed by atoms with Crippen LogP contribution in [0.1, 0.15) is 39.0 Å². The van der Waals surface area contributed by atoms with E-state index < -0.39 is 0 Å². The van der Waals surface area contributed by atoms with Crippen molar-refractivity contribution in [1.82, 2.24) is 5.32 Å². The molecular weight excluding hydrogens is 302 g/mol. The van der Waals surface area contributed by atoms with Crippen LogP contribution in [-0.4, -0.2) is 31.4 Å². The zero-order valence-electron chi connectivity index (χ0n) is 14.4. The SMILES string of the molecule is CC(CC(=O)Nc1ccc(N2CCCC2=O)cc1)C1CCCNC1. The van der Waals surface area contributed by atoms with Crippen LogP contribution < -0.4 is 15.5 Å². The molecule has 2 unspecified atom stereocenters. The van der Waals surface area contributed by atoms with Crippen molar-refractivity contribution in [2.45, 2.75) is 39.0 Å². The van der Waals surface area contributed by atoms with Crippen molar-refractivity contribution in [2.75, 3.05) is 29.9 Å². The first-order chi connectivity index (χ1) is 11.6. The average molecular weight is 329 g/mol. The first kappa shape index (κ1) is 17.0. The smallest absolute Gasteiger partial charge is 0.227 e. The second-order valence-corrected chi connectivity index (χ2v) is 7.03. The van der Waals surface area contributed by atoms with Gasteiger partial charge in [-0.05, 0) is 68.5 Å². The van der Waals surface area contributed by atoms with Gasteiger partial charge in [0.15, 0.2) is 0 Å². The zero-order valence-corrected chi connectivity index (χ0v) is 14.4. The molecule has 130 valence electrons. The Morgan fingerprint density at radius 3 is 2.75 bits per heavy atom. The lowest BCUT2D eigenvalue weighted by atomic mass is 9.85. The summed E-state index contributed by atoms with van der Waals surface area (Å²) >= 11 is 0. The predicted molar refractivity (Wildman–Crippen MR) is 96.0 cm³/mol. The monoisotopic (exact) mass is 329 g/mol. The van der Waals surface area contributed by atoms with E-state index in [1.54, 1.807) is 0 Å². The maximum Gasteiger partial charge on any atom is 0.227 e. The molecule has 2 amide bonds. The number of hydrogen-bond acceptors (Lipinski definition) is 3. The summed E-state index contributed by atoms with van der Waals surface area (Å²) in [7, 11) is 0. The van der Waals surface area contributed by atoms with Crippen molar-refractivity contribution < 1.29 is 9.59 Å². The van der Waals surface area contributed by atoms with Crippen molar-refractivity contribution in [3.8, 4) is 0 Å². The normalized spacial score (nSPS) is 22.5. The Morgan fingerprint density at radius 2 is 2.12 bits per heavy atom. The Balaban J connectivity index is 1.51. The Bertz CT molecular complexity index is 579. The summed E-state index contributed by atoms with van der Waals surface area (Å²) in [6, 6.07) is 7.58.